The van der Waals surface area contributed by atoms with E-state index in [2.05, 4.69) is 92.1 Å². The van der Waals surface area contributed by atoms with E-state index < -0.39 is 277 Å². The zero-order valence-electron chi connectivity index (χ0n) is 76.3. The highest BCUT2D eigenvalue weighted by atomic mass is 32.1. The lowest BCUT2D eigenvalue weighted by Gasteiger charge is -2.31. The number of amides is 16. The number of carboxylic acid groups (broad SMARTS) is 4. The van der Waals surface area contributed by atoms with Gasteiger partial charge in [-0.2, -0.15) is 12.6 Å². The van der Waals surface area contributed by atoms with E-state index in [-0.39, 0.29) is 95.1 Å². The van der Waals surface area contributed by atoms with Crippen LogP contribution in [0.25, 0.3) is 0 Å². The van der Waals surface area contributed by atoms with Crippen molar-refractivity contribution < 1.29 is 127 Å². The van der Waals surface area contributed by atoms with Gasteiger partial charge in [0.25, 0.3) is 0 Å². The first-order valence-electron chi connectivity index (χ1n) is 43.5. The number of carboxylic acids is 4. The van der Waals surface area contributed by atoms with E-state index in [1.165, 1.54) is 25.7 Å². The molecule has 2 rings (SSSR count). The van der Waals surface area contributed by atoms with E-state index in [0.29, 0.717) is 24.8 Å². The van der Waals surface area contributed by atoms with Gasteiger partial charge >= 0.3 is 23.9 Å². The van der Waals surface area contributed by atoms with Crippen LogP contribution in [0.5, 0.6) is 0 Å². The summed E-state index contributed by atoms with van der Waals surface area (Å²) in [5.41, 5.74) is 23.3. The SMILES string of the molecule is CC[C@H](C)[C@H](NC(=O)[C@@H](N)CCC(=O)O)C(=O)N[C@@H](CS)C(=O)N1CCC[C@H]1C(=O)N[C@@H](C)C(=O)N[C@H](C(=O)N[C@@H](CCCCN)C(=O)N[C@@H](CCCN=C(N)N)C(=O)N[C@@H](CC(=O)O)C(=O)N[C@H](C(=O)N[C@@H](CC(=O)O)C(=O)N[C@@H](CC(C)C)C(=O)N[C@@H](Cc1ccccc1)C(=O)N[C@@H](CC(C)C)C(=O)N[C@H](C(=O)NCC(=O)N[C@H](C(=O)O)[C@@H](C)O)[C@@H](C)O)C(C)C)C(C)C. The number of rotatable bonds is 60. The van der Waals surface area contributed by atoms with Crippen molar-refractivity contribution in [3.05, 3.63) is 35.9 Å². The lowest BCUT2D eigenvalue weighted by molar-refractivity contribution is -0.145. The first-order valence-corrected chi connectivity index (χ1v) is 44.2. The van der Waals surface area contributed by atoms with Crippen molar-refractivity contribution >= 4 is 137 Å². The van der Waals surface area contributed by atoms with Gasteiger partial charge in [-0.15, -0.1) is 0 Å². The Bertz CT molecular complexity index is 4100. The molecule has 1 aromatic rings. The smallest absolute Gasteiger partial charge is 0.328 e. The predicted octanol–water partition coefficient (Wildman–Crippen LogP) is -6.31. The van der Waals surface area contributed by atoms with Crippen molar-refractivity contribution in [2.45, 2.75) is 295 Å². The molecule has 1 aromatic carbocycles. The van der Waals surface area contributed by atoms with E-state index in [0.717, 1.165) is 13.8 Å². The molecule has 0 unspecified atom stereocenters. The zero-order chi connectivity index (χ0) is 99.5. The Labute approximate surface area is 765 Å². The first kappa shape index (κ1) is 115. The second-order valence-electron chi connectivity index (χ2n) is 33.9. The van der Waals surface area contributed by atoms with Crippen molar-refractivity contribution in [2.75, 3.05) is 31.9 Å². The number of carbonyl (C=O) groups excluding carboxylic acids is 16. The van der Waals surface area contributed by atoms with Gasteiger partial charge in [0.2, 0.25) is 94.5 Å². The number of aliphatic imine (C=N–C) groups is 1. The topological polar surface area (TPSA) is 763 Å². The highest BCUT2D eigenvalue weighted by molar-refractivity contribution is 7.80. The second kappa shape index (κ2) is 58.0. The molecule has 1 aliphatic rings. The fourth-order valence-corrected chi connectivity index (χ4v) is 13.7. The molecule has 1 fully saturated rings. The van der Waals surface area contributed by atoms with Crippen LogP contribution in [0.4, 0.5) is 0 Å². The summed E-state index contributed by atoms with van der Waals surface area (Å²) >= 11 is 4.30. The van der Waals surface area contributed by atoms with E-state index in [1.807, 2.05) is 5.32 Å². The van der Waals surface area contributed by atoms with Gasteiger partial charge in [0.1, 0.15) is 84.6 Å². The average molecular weight is 1880 g/mol. The molecule has 0 aliphatic carbocycles. The highest BCUT2D eigenvalue weighted by Gasteiger charge is 2.43. The van der Waals surface area contributed by atoms with E-state index in [4.69, 9.17) is 28.0 Å². The van der Waals surface area contributed by atoms with Gasteiger partial charge in [-0.25, -0.2) is 4.79 Å². The van der Waals surface area contributed by atoms with Gasteiger partial charge in [-0.1, -0.05) is 106 Å². The van der Waals surface area contributed by atoms with Crippen LogP contribution in [0.15, 0.2) is 35.3 Å². The minimum absolute atomic E-state index is 0.0479. The van der Waals surface area contributed by atoms with Crippen LogP contribution in [0.3, 0.4) is 0 Å². The standard InChI is InChI=1S/C83H137N21O26S/c1-14-43(10)64(102-68(115)48(85)27-28-59(108)109)80(127)98-56(38-131)81(128)104-31-21-26-57(104)76(123)90-44(11)67(114)100-62(41(6)7)78(125)92-49(24-18-19-29-84)69(116)91-50(25-20-30-88-83(86)87)70(117)96-55(36-61(112)113)75(122)101-63(42(8)9)79(126)97-54(35-60(110)111)73(120)93-51(32-39(2)3)71(118)95-53(34-47-22-16-15-17-23-47)72(119)94-52(33-40(4)5)74(121)103-65(45(12)105)77(124)89-37-58(107)99-66(46(13)106)82(129)130/h15-17,22-23,39-46,48-57,62-66,105-106,131H,14,18-21,24-38,84-85H2,1-13H3,(H,89,124)(H,90,123)(H,91,116)(H,92,125)(H,93,120)(H,94,119)(H,95,118)(H,96,117)(H,97,126)(H,98,127)(H,99,107)(H,100,114)(H,101,122)(H,102,115)(H,103,121)(H,108,109)(H,110,111)(H,112,113)(H,129,130)(H4,86,87,88)/t43-,44-,45+,46+,48-,49-,50-,51-,52-,53-,54-,55-,56-,57-,62-,63-,64-,65-,66-/m0/s1. The maximum absolute atomic E-state index is 14.6. The molecule has 0 saturated carbocycles. The average Bonchev–Trinajstić information content (AvgIpc) is 1.67. The van der Waals surface area contributed by atoms with Gasteiger partial charge < -0.3 is 138 Å². The lowest BCUT2D eigenvalue weighted by Crippen LogP contribution is -2.62. The molecule has 1 saturated heterocycles. The number of likely N-dealkylation sites (tertiary alicyclic amines) is 1. The number of hydrogen-bond donors (Lipinski definition) is 26. The summed E-state index contributed by atoms with van der Waals surface area (Å²) in [6.45, 7) is 18.6. The molecule has 0 spiro atoms. The van der Waals surface area contributed by atoms with Crippen LogP contribution < -0.4 is 103 Å². The maximum Gasteiger partial charge on any atom is 0.328 e. The summed E-state index contributed by atoms with van der Waals surface area (Å²) in [6, 6.07) is -17.0. The summed E-state index contributed by atoms with van der Waals surface area (Å²) in [4.78, 5) is 278. The Morgan fingerprint density at radius 3 is 1.37 bits per heavy atom. The number of aliphatic hydroxyl groups excluding tert-OH is 2. The first-order chi connectivity index (χ1) is 61.3. The van der Waals surface area contributed by atoms with Crippen molar-refractivity contribution in [2.24, 2.45) is 57.5 Å². The second-order valence-corrected chi connectivity index (χ2v) is 34.3. The molecular weight excluding hydrogens is 1740 g/mol. The number of guanidine groups is 1. The van der Waals surface area contributed by atoms with E-state index in [1.54, 1.807) is 85.7 Å². The summed E-state index contributed by atoms with van der Waals surface area (Å²) in [7, 11) is 0. The van der Waals surface area contributed by atoms with Crippen molar-refractivity contribution in [1.82, 2.24) is 84.7 Å². The summed E-state index contributed by atoms with van der Waals surface area (Å²) in [5.74, 6) is -26.0. The number of hydrogen-bond acceptors (Lipinski definition) is 26. The van der Waals surface area contributed by atoms with Crippen LogP contribution in [0.2, 0.25) is 0 Å². The third-order valence-electron chi connectivity index (χ3n) is 21.0. The maximum atomic E-state index is 14.6. The van der Waals surface area contributed by atoms with Crippen LogP contribution in [-0.2, 0) is 102 Å². The normalized spacial score (nSPS) is 16.6. The Balaban J connectivity index is 2.49. The zero-order valence-corrected chi connectivity index (χ0v) is 77.2. The Hall–Kier alpha value is -11.9. The van der Waals surface area contributed by atoms with Crippen LogP contribution in [0.1, 0.15) is 185 Å². The molecule has 0 bridgehead atoms. The molecular formula is C83H137N21O26S. The molecule has 1 heterocycles. The minimum atomic E-state index is -2.09. The molecule has 1 aliphatic heterocycles. The van der Waals surface area contributed by atoms with Crippen molar-refractivity contribution in [1.29, 1.82) is 0 Å². The number of nitrogens with two attached hydrogens (primary N) is 4. The fourth-order valence-electron chi connectivity index (χ4n) is 13.5. The molecule has 131 heavy (non-hydrogen) atoms. The number of aliphatic carboxylic acids is 4. The van der Waals surface area contributed by atoms with Crippen molar-refractivity contribution in [3.63, 3.8) is 0 Å². The quantitative estimate of drug-likeness (QED) is 0.0125. The molecule has 736 valence electrons. The van der Waals surface area contributed by atoms with E-state index in [9.17, 15) is 121 Å². The third-order valence-corrected chi connectivity index (χ3v) is 21.4. The summed E-state index contributed by atoms with van der Waals surface area (Å²) in [5, 5.41) is 95.7. The Morgan fingerprint density at radius 2 is 0.893 bits per heavy atom. The third kappa shape index (κ3) is 41.4. The summed E-state index contributed by atoms with van der Waals surface area (Å²) < 4.78 is 0. The molecule has 16 amide bonds. The highest BCUT2D eigenvalue weighted by Crippen LogP contribution is 2.22. The molecule has 19 atom stereocenters. The lowest BCUT2D eigenvalue weighted by atomic mass is 9.97. The van der Waals surface area contributed by atoms with Crippen LogP contribution in [-0.4, -0.2) is 301 Å². The molecule has 29 N–H and O–H groups in total. The predicted molar refractivity (Wildman–Crippen MR) is 476 cm³/mol. The number of unbranched alkanes of at least 4 members (excludes halogenated alkanes) is 1. The summed E-state index contributed by atoms with van der Waals surface area (Å²) in [6.07, 6.45) is -6.00. The Morgan fingerprint density at radius 1 is 0.466 bits per heavy atom. The van der Waals surface area contributed by atoms with Crippen molar-refractivity contribution in [3.8, 4) is 0 Å². The monoisotopic (exact) mass is 1880 g/mol. The molecule has 0 aromatic heterocycles. The van der Waals surface area contributed by atoms with E-state index >= 15 is 0 Å². The number of nitrogens with one attached hydrogen (secondary N) is 15. The van der Waals surface area contributed by atoms with Gasteiger partial charge in [0.15, 0.2) is 12.0 Å². The van der Waals surface area contributed by atoms with Gasteiger partial charge in [0, 0.05) is 31.7 Å². The molecule has 47 nitrogen and oxygen atoms in total. The number of nitrogens with zero attached hydrogens (tertiary/aromatic N) is 2. The van der Waals surface area contributed by atoms with Crippen LogP contribution in [0, 0.1) is 29.6 Å². The van der Waals surface area contributed by atoms with Crippen LogP contribution >= 0.6 is 12.6 Å². The Kier molecular flexibility index (Phi) is 51.0. The number of benzene rings is 1. The largest absolute Gasteiger partial charge is 0.481 e. The van der Waals surface area contributed by atoms with Gasteiger partial charge in [0.05, 0.1) is 37.6 Å². The molecule has 48 heteroatoms. The number of aliphatic hydroxyl groups is 2. The molecule has 0 radical (unpaired) electrons. The number of carbonyl (C=O) groups is 20. The van der Waals surface area contributed by atoms with Gasteiger partial charge in [-0.3, -0.25) is 96.1 Å². The fraction of sp³-hybridized carbons (Fsp3) is 0.675. The van der Waals surface area contributed by atoms with Gasteiger partial charge in [-0.05, 0) is 127 Å². The minimum Gasteiger partial charge on any atom is -0.481 e. The number of thiol groups is 1.